The van der Waals surface area contributed by atoms with Crippen molar-refractivity contribution in [1.82, 2.24) is 25.2 Å². The van der Waals surface area contributed by atoms with Crippen LogP contribution < -0.4 is 10.2 Å². The molecular weight excluding hydrogens is 404 g/mol. The highest BCUT2D eigenvalue weighted by atomic mass is 16.2. The highest BCUT2D eigenvalue weighted by molar-refractivity contribution is 5.98. The monoisotopic (exact) mass is 426 g/mol. The van der Waals surface area contributed by atoms with Gasteiger partial charge in [0, 0.05) is 60.5 Å². The van der Waals surface area contributed by atoms with E-state index in [-0.39, 0.29) is 23.8 Å². The number of benzene rings is 1. The Labute approximate surface area is 185 Å². The molecule has 3 aromatic rings. The smallest absolute Gasteiger partial charge is 0.254 e. The van der Waals surface area contributed by atoms with Crippen LogP contribution in [0.2, 0.25) is 0 Å². The van der Waals surface area contributed by atoms with Crippen LogP contribution in [-0.4, -0.2) is 57.8 Å². The lowest BCUT2D eigenvalue weighted by Gasteiger charge is -2.27. The lowest BCUT2D eigenvalue weighted by Crippen LogP contribution is -2.49. The molecule has 8 heteroatoms. The minimum atomic E-state index is -0.120. The van der Waals surface area contributed by atoms with Crippen LogP contribution in [0.1, 0.15) is 28.8 Å². The minimum Gasteiger partial charge on any atom is -0.353 e. The second kappa shape index (κ2) is 7.12. The summed E-state index contributed by atoms with van der Waals surface area (Å²) in [6.45, 7) is 1.92. The van der Waals surface area contributed by atoms with Crippen molar-refractivity contribution in [3.63, 3.8) is 0 Å². The second-order valence-electron chi connectivity index (χ2n) is 8.66. The summed E-state index contributed by atoms with van der Waals surface area (Å²) in [6, 6.07) is 11.7. The van der Waals surface area contributed by atoms with E-state index in [9.17, 15) is 9.59 Å². The summed E-state index contributed by atoms with van der Waals surface area (Å²) in [5.41, 5.74) is 4.65. The average molecular weight is 426 g/mol. The largest absolute Gasteiger partial charge is 0.353 e. The molecule has 2 fully saturated rings. The zero-order chi connectivity index (χ0) is 21.7. The van der Waals surface area contributed by atoms with Crippen molar-refractivity contribution < 1.29 is 9.59 Å². The van der Waals surface area contributed by atoms with Crippen LogP contribution >= 0.6 is 0 Å². The zero-order valence-electron chi connectivity index (χ0n) is 17.5. The zero-order valence-corrected chi connectivity index (χ0v) is 17.5. The third-order valence-corrected chi connectivity index (χ3v) is 6.59. The first kappa shape index (κ1) is 18.9. The van der Waals surface area contributed by atoms with Gasteiger partial charge in [0.1, 0.15) is 0 Å². The van der Waals surface area contributed by atoms with Crippen molar-refractivity contribution in [2.75, 3.05) is 31.1 Å². The molecule has 1 N–H and O–H groups in total. The molecule has 8 nitrogen and oxygen atoms in total. The molecule has 0 unspecified atom stereocenters. The van der Waals surface area contributed by atoms with Gasteiger partial charge in [-0.1, -0.05) is 12.1 Å². The molecule has 1 saturated carbocycles. The number of aromatic nitrogens is 3. The summed E-state index contributed by atoms with van der Waals surface area (Å²) in [7, 11) is 0. The molecular formula is C24H22N6O2. The lowest BCUT2D eigenvalue weighted by atomic mass is 9.97. The van der Waals surface area contributed by atoms with E-state index >= 15 is 0 Å². The average Bonchev–Trinajstić information content (AvgIpc) is 3.55. The van der Waals surface area contributed by atoms with Gasteiger partial charge < -0.3 is 15.1 Å². The maximum atomic E-state index is 13.1. The van der Waals surface area contributed by atoms with E-state index in [1.54, 1.807) is 23.5 Å². The molecule has 6 rings (SSSR count). The van der Waals surface area contributed by atoms with Crippen LogP contribution in [0.4, 0.5) is 11.6 Å². The molecule has 2 aromatic heterocycles. The van der Waals surface area contributed by atoms with Crippen LogP contribution in [0.3, 0.4) is 0 Å². The standard InChI is InChI=1S/C24H22N6O2/c31-21-14-29(10-9-26-21)22(32)16-4-5-18-20(11-16)30(15-24(18)6-7-24)23-27-12-17(13-28-23)19-3-1-2-8-25-19/h1-5,8,11-13H,6-7,9-10,14-15H2,(H,26,31). The Bertz CT molecular complexity index is 1210. The van der Waals surface area contributed by atoms with Gasteiger partial charge in [-0.25, -0.2) is 9.97 Å². The highest BCUT2D eigenvalue weighted by Gasteiger charge is 2.52. The Kier molecular flexibility index (Phi) is 4.21. The first-order valence-electron chi connectivity index (χ1n) is 10.8. The number of nitrogens with zero attached hydrogens (tertiary/aromatic N) is 5. The van der Waals surface area contributed by atoms with Crippen LogP contribution in [0, 0.1) is 0 Å². The lowest BCUT2D eigenvalue weighted by molar-refractivity contribution is -0.123. The second-order valence-corrected chi connectivity index (χ2v) is 8.66. The Morgan fingerprint density at radius 3 is 2.62 bits per heavy atom. The van der Waals surface area contributed by atoms with Gasteiger partial charge in [0.05, 0.1) is 12.2 Å². The van der Waals surface area contributed by atoms with Gasteiger partial charge in [-0.05, 0) is 42.7 Å². The van der Waals surface area contributed by atoms with Crippen molar-refractivity contribution in [3.8, 4) is 11.3 Å². The van der Waals surface area contributed by atoms with Crippen molar-refractivity contribution in [3.05, 3.63) is 66.1 Å². The van der Waals surface area contributed by atoms with E-state index in [0.717, 1.165) is 36.3 Å². The molecule has 0 atom stereocenters. The number of amides is 2. The molecule has 1 aliphatic carbocycles. The van der Waals surface area contributed by atoms with Crippen molar-refractivity contribution in [1.29, 1.82) is 0 Å². The third-order valence-electron chi connectivity index (χ3n) is 6.59. The fraction of sp³-hybridized carbons (Fsp3) is 0.292. The summed E-state index contributed by atoms with van der Waals surface area (Å²) >= 11 is 0. The highest BCUT2D eigenvalue weighted by Crippen LogP contribution is 2.57. The number of rotatable bonds is 3. The topological polar surface area (TPSA) is 91.3 Å². The van der Waals surface area contributed by atoms with Gasteiger partial charge in [-0.2, -0.15) is 0 Å². The van der Waals surface area contributed by atoms with Crippen LogP contribution in [0.15, 0.2) is 55.0 Å². The van der Waals surface area contributed by atoms with Gasteiger partial charge in [0.25, 0.3) is 5.91 Å². The summed E-state index contributed by atoms with van der Waals surface area (Å²) in [5, 5.41) is 2.76. The van der Waals surface area contributed by atoms with Crippen LogP contribution in [-0.2, 0) is 10.2 Å². The number of anilines is 2. The maximum Gasteiger partial charge on any atom is 0.254 e. The number of nitrogens with one attached hydrogen (secondary N) is 1. The molecule has 0 radical (unpaired) electrons. The normalized spacial score (nSPS) is 18.4. The molecule has 3 aliphatic rings. The summed E-state index contributed by atoms with van der Waals surface area (Å²) in [5.74, 6) is 0.383. The van der Waals surface area contributed by atoms with Gasteiger partial charge in [0.15, 0.2) is 0 Å². The predicted molar refractivity (Wildman–Crippen MR) is 119 cm³/mol. The molecule has 1 saturated heterocycles. The Hall–Kier alpha value is -3.81. The van der Waals surface area contributed by atoms with Crippen molar-refractivity contribution in [2.24, 2.45) is 0 Å². The van der Waals surface area contributed by atoms with E-state index in [1.807, 2.05) is 30.3 Å². The molecule has 32 heavy (non-hydrogen) atoms. The number of pyridine rings is 1. The van der Waals surface area contributed by atoms with Crippen molar-refractivity contribution >= 4 is 23.5 Å². The predicted octanol–water partition coefficient (Wildman–Crippen LogP) is 2.29. The van der Waals surface area contributed by atoms with Gasteiger partial charge in [-0.3, -0.25) is 14.6 Å². The van der Waals surface area contributed by atoms with E-state index in [2.05, 4.69) is 31.2 Å². The fourth-order valence-corrected chi connectivity index (χ4v) is 4.69. The van der Waals surface area contributed by atoms with E-state index < -0.39 is 0 Å². The van der Waals surface area contributed by atoms with E-state index in [1.165, 1.54) is 5.56 Å². The van der Waals surface area contributed by atoms with Crippen molar-refractivity contribution in [2.45, 2.75) is 18.3 Å². The molecule has 1 aromatic carbocycles. The fourth-order valence-electron chi connectivity index (χ4n) is 4.69. The third kappa shape index (κ3) is 3.10. The first-order valence-corrected chi connectivity index (χ1v) is 10.8. The number of fused-ring (bicyclic) bond motifs is 2. The molecule has 0 bridgehead atoms. The minimum absolute atomic E-state index is 0.0989. The van der Waals surface area contributed by atoms with Crippen LogP contribution in [0.5, 0.6) is 0 Å². The van der Waals surface area contributed by atoms with Crippen LogP contribution in [0.25, 0.3) is 11.3 Å². The number of piperazine rings is 1. The van der Waals surface area contributed by atoms with E-state index in [4.69, 9.17) is 0 Å². The summed E-state index contributed by atoms with van der Waals surface area (Å²) in [4.78, 5) is 42.1. The molecule has 2 amide bonds. The first-order chi connectivity index (χ1) is 15.6. The molecule has 4 heterocycles. The van der Waals surface area contributed by atoms with Gasteiger partial charge >= 0.3 is 0 Å². The van der Waals surface area contributed by atoms with Gasteiger partial charge in [-0.15, -0.1) is 0 Å². The number of hydrogen-bond donors (Lipinski definition) is 1. The Morgan fingerprint density at radius 1 is 1.06 bits per heavy atom. The Balaban J connectivity index is 1.32. The van der Waals surface area contributed by atoms with Gasteiger partial charge in [0.2, 0.25) is 11.9 Å². The summed E-state index contributed by atoms with van der Waals surface area (Å²) < 4.78 is 0. The number of hydrogen-bond acceptors (Lipinski definition) is 6. The maximum absolute atomic E-state index is 13.1. The SMILES string of the molecule is O=C1CN(C(=O)c2ccc3c(c2)N(c2ncc(-c4ccccn4)cn2)CC32CC2)CCN1. The summed E-state index contributed by atoms with van der Waals surface area (Å²) in [6.07, 6.45) is 7.60. The number of carbonyl (C=O) groups excluding carboxylic acids is 2. The quantitative estimate of drug-likeness (QED) is 0.691. The molecule has 2 aliphatic heterocycles. The molecule has 1 spiro atoms. The molecule has 160 valence electrons. The Morgan fingerprint density at radius 2 is 1.91 bits per heavy atom. The number of carbonyl (C=O) groups is 2. The van der Waals surface area contributed by atoms with E-state index in [0.29, 0.717) is 24.6 Å².